The second kappa shape index (κ2) is 12.1. The van der Waals surface area contributed by atoms with Gasteiger partial charge in [0, 0.05) is 16.7 Å². The highest BCUT2D eigenvalue weighted by Gasteiger charge is 2.36. The van der Waals surface area contributed by atoms with Crippen molar-refractivity contribution in [3.63, 3.8) is 0 Å². The predicted molar refractivity (Wildman–Crippen MR) is 180 cm³/mol. The van der Waals surface area contributed by atoms with Crippen LogP contribution in [0, 0.1) is 70.6 Å². The van der Waals surface area contributed by atoms with Gasteiger partial charge < -0.3 is 4.98 Å². The Hall–Kier alpha value is -2.34. The molecule has 5 rings (SSSR count). The fraction of sp³-hybridized carbons (Fsp3) is 0.182. The van der Waals surface area contributed by atoms with E-state index < -0.39 is 34.6 Å². The Kier molecular flexibility index (Phi) is 9.10. The monoisotopic (exact) mass is 858 g/mol. The molecule has 1 aromatic heterocycles. The van der Waals surface area contributed by atoms with Gasteiger partial charge in [-0.1, -0.05) is 35.4 Å². The number of allylic oxidation sites excluding steroid dienone is 2. The molecule has 3 aromatic carbocycles. The zero-order valence-electron chi connectivity index (χ0n) is 24.2. The second-order valence-corrected chi connectivity index (χ2v) is 14.0. The number of hydrogen-bond donors (Lipinski definition) is 1. The van der Waals surface area contributed by atoms with Crippen LogP contribution >= 0.6 is 63.7 Å². The number of nitrogens with zero attached hydrogens (tertiary/aromatic N) is 1. The van der Waals surface area contributed by atoms with Gasteiger partial charge in [-0.05, 0) is 128 Å². The number of aromatic nitrogens is 1. The van der Waals surface area contributed by atoms with Crippen LogP contribution in [0.1, 0.15) is 50.2 Å². The molecule has 1 aliphatic heterocycles. The number of aromatic amines is 1. The first-order valence-electron chi connectivity index (χ1n) is 13.2. The van der Waals surface area contributed by atoms with Crippen LogP contribution in [0.3, 0.4) is 0 Å². The predicted octanol–water partition coefficient (Wildman–Crippen LogP) is 12.0. The Morgan fingerprint density at radius 3 is 1.50 bits per heavy atom. The third-order valence-electron chi connectivity index (χ3n) is 7.50. The lowest BCUT2D eigenvalue weighted by Gasteiger charge is -2.15. The Bertz CT molecular complexity index is 1950. The maximum Gasteiger partial charge on any atom is 0.200 e. The minimum Gasteiger partial charge on any atom is -0.353 e. The first-order valence-corrected chi connectivity index (χ1v) is 16.4. The van der Waals surface area contributed by atoms with Crippen molar-refractivity contribution < 1.29 is 22.0 Å². The van der Waals surface area contributed by atoms with Crippen molar-refractivity contribution >= 4 is 75.0 Å². The summed E-state index contributed by atoms with van der Waals surface area (Å²) in [6, 6.07) is 7.93. The van der Waals surface area contributed by atoms with E-state index in [2.05, 4.69) is 68.7 Å². The van der Waals surface area contributed by atoms with Crippen LogP contribution in [-0.4, -0.2) is 10.7 Å². The topological polar surface area (TPSA) is 28.1 Å². The lowest BCUT2D eigenvalue weighted by molar-refractivity contribution is 0.376. The third kappa shape index (κ3) is 5.31. The highest BCUT2D eigenvalue weighted by atomic mass is 79.9. The number of nitrogens with one attached hydrogen (secondary N) is 1. The Balaban J connectivity index is 1.94. The van der Waals surface area contributed by atoms with Crippen molar-refractivity contribution in [2.45, 2.75) is 41.5 Å². The number of H-pyrrole nitrogens is 1. The molecule has 0 atom stereocenters. The molecule has 0 aliphatic carbocycles. The summed E-state index contributed by atoms with van der Waals surface area (Å²) in [4.78, 5) is 8.01. The van der Waals surface area contributed by atoms with Gasteiger partial charge in [-0.25, -0.2) is 26.9 Å². The van der Waals surface area contributed by atoms with Crippen molar-refractivity contribution in [2.24, 2.45) is 4.99 Å². The molecule has 0 bridgehead atoms. The van der Waals surface area contributed by atoms with Crippen LogP contribution in [-0.2, 0) is 0 Å². The van der Waals surface area contributed by atoms with Gasteiger partial charge in [-0.2, -0.15) is 0 Å². The molecule has 0 fully saturated rings. The number of benzene rings is 3. The molecule has 0 saturated carbocycles. The van der Waals surface area contributed by atoms with Crippen molar-refractivity contribution in [2.75, 3.05) is 0 Å². The largest absolute Gasteiger partial charge is 0.353 e. The van der Waals surface area contributed by atoms with E-state index >= 15 is 8.78 Å². The normalized spacial score (nSPS) is 14.6. The molecule has 11 heteroatoms. The average Bonchev–Trinajstić information content (AvgIpc) is 3.38. The van der Waals surface area contributed by atoms with Crippen LogP contribution in [0.25, 0.3) is 16.8 Å². The Morgan fingerprint density at radius 1 is 0.591 bits per heavy atom. The summed E-state index contributed by atoms with van der Waals surface area (Å²) in [7, 11) is 0. The molecule has 1 N–H and O–H groups in total. The Labute approximate surface area is 285 Å². The molecule has 0 amide bonds. The molecule has 228 valence electrons. The third-order valence-corrected chi connectivity index (χ3v) is 11.7. The van der Waals surface area contributed by atoms with Gasteiger partial charge >= 0.3 is 0 Å². The summed E-state index contributed by atoms with van der Waals surface area (Å²) in [5.41, 5.74) is 6.86. The van der Waals surface area contributed by atoms with Gasteiger partial charge in [0.2, 0.25) is 5.82 Å². The molecule has 1 aliphatic rings. The minimum atomic E-state index is -2.25. The van der Waals surface area contributed by atoms with Gasteiger partial charge in [0.15, 0.2) is 23.3 Å². The van der Waals surface area contributed by atoms with Crippen LogP contribution in [0.15, 0.2) is 52.9 Å². The van der Waals surface area contributed by atoms with Gasteiger partial charge in [0.05, 0.1) is 46.3 Å². The number of aryl methyl sites for hydroxylation is 6. The average molecular weight is 862 g/mol. The van der Waals surface area contributed by atoms with Crippen LogP contribution in [0.5, 0.6) is 0 Å². The smallest absolute Gasteiger partial charge is 0.200 e. The number of rotatable bonds is 4. The molecule has 0 spiro atoms. The van der Waals surface area contributed by atoms with Crippen molar-refractivity contribution in [3.05, 3.63) is 127 Å². The van der Waals surface area contributed by atoms with E-state index in [0.29, 0.717) is 24.8 Å². The van der Waals surface area contributed by atoms with Crippen LogP contribution < -0.4 is 0 Å². The molecular formula is C33H23Br4F5N2. The number of aliphatic imine (C=N–C) groups is 1. The van der Waals surface area contributed by atoms with E-state index in [9.17, 15) is 13.2 Å². The van der Waals surface area contributed by atoms with Gasteiger partial charge in [0.25, 0.3) is 0 Å². The fourth-order valence-corrected chi connectivity index (χ4v) is 7.80. The standard InChI is InChI=1S/C33H23Br4F5N2/c1-11-7-13(3)17(14(4)8-11)30-21(34)23(36)32(43-30)20(19-25(38)27(40)29(42)28(41)26(19)39)33-24(37)22(35)31(44-33)18-15(5)9-12(2)10-16(18)6/h7-10,43H,1-6H3/b33-20+. The second-order valence-electron chi connectivity index (χ2n) is 10.8. The van der Waals surface area contributed by atoms with E-state index in [4.69, 9.17) is 4.99 Å². The van der Waals surface area contributed by atoms with Crippen molar-refractivity contribution in [1.29, 1.82) is 0 Å². The maximum absolute atomic E-state index is 15.7. The first-order chi connectivity index (χ1) is 20.6. The van der Waals surface area contributed by atoms with Gasteiger partial charge in [-0.3, -0.25) is 0 Å². The zero-order chi connectivity index (χ0) is 32.5. The Morgan fingerprint density at radius 2 is 1.02 bits per heavy atom. The van der Waals surface area contributed by atoms with E-state index in [1.807, 2.05) is 65.8 Å². The van der Waals surface area contributed by atoms with Crippen molar-refractivity contribution in [1.82, 2.24) is 4.98 Å². The minimum absolute atomic E-state index is 0.0344. The number of hydrogen-bond acceptors (Lipinski definition) is 1. The highest BCUT2D eigenvalue weighted by Crippen LogP contribution is 2.49. The van der Waals surface area contributed by atoms with E-state index in [1.165, 1.54) is 0 Å². The molecule has 4 aromatic rings. The number of halogens is 9. The highest BCUT2D eigenvalue weighted by molar-refractivity contribution is 9.14. The quantitative estimate of drug-likeness (QED) is 0.120. The summed E-state index contributed by atoms with van der Waals surface area (Å²) >= 11 is 14.2. The summed E-state index contributed by atoms with van der Waals surface area (Å²) < 4.78 is 76.6. The van der Waals surface area contributed by atoms with E-state index in [0.717, 1.165) is 44.5 Å². The van der Waals surface area contributed by atoms with Crippen LogP contribution in [0.4, 0.5) is 22.0 Å². The maximum atomic E-state index is 15.7. The molecule has 2 nitrogen and oxygen atoms in total. The summed E-state index contributed by atoms with van der Waals surface area (Å²) in [6.45, 7) is 11.6. The lowest BCUT2D eigenvalue weighted by atomic mass is 9.96. The fourth-order valence-electron chi connectivity index (χ4n) is 5.86. The first kappa shape index (κ1) is 33.0. The summed E-state index contributed by atoms with van der Waals surface area (Å²) in [5, 5.41) is 0. The summed E-state index contributed by atoms with van der Waals surface area (Å²) in [5.74, 6) is -10.3. The zero-order valence-corrected chi connectivity index (χ0v) is 30.5. The van der Waals surface area contributed by atoms with Crippen molar-refractivity contribution in [3.8, 4) is 11.3 Å². The molecule has 0 saturated heterocycles. The van der Waals surface area contributed by atoms with Gasteiger partial charge in [-0.15, -0.1) is 0 Å². The summed E-state index contributed by atoms with van der Waals surface area (Å²) in [6.07, 6.45) is 0. The van der Waals surface area contributed by atoms with E-state index in [1.54, 1.807) is 0 Å². The molecule has 44 heavy (non-hydrogen) atoms. The molecular weight excluding hydrogens is 839 g/mol. The molecule has 0 radical (unpaired) electrons. The SMILES string of the molecule is Cc1cc(C)c(C2=N/C(=C(/c3[nH]c(-c4c(C)cc(C)cc4C)c(Br)c3Br)c3c(F)c(F)c(F)c(F)c3F)C(Br)=C2Br)c(C)c1. The lowest BCUT2D eigenvalue weighted by Crippen LogP contribution is -2.09. The molecule has 2 heterocycles. The van der Waals surface area contributed by atoms with Crippen LogP contribution in [0.2, 0.25) is 0 Å². The van der Waals surface area contributed by atoms with Gasteiger partial charge in [0.1, 0.15) is 0 Å². The van der Waals surface area contributed by atoms with E-state index in [-0.39, 0.29) is 21.4 Å². The molecule has 0 unspecified atom stereocenters.